The SMILES string of the molecule is Cc1ccc(-c2nn(-c3ccc(Cl)cc3)cc2C(=O)O)o1. The summed E-state index contributed by atoms with van der Waals surface area (Å²) in [6, 6.07) is 10.4. The summed E-state index contributed by atoms with van der Waals surface area (Å²) >= 11 is 5.85. The van der Waals surface area contributed by atoms with Crippen LogP contribution in [0.2, 0.25) is 5.02 Å². The molecule has 2 heterocycles. The molecule has 3 aromatic rings. The standard InChI is InChI=1S/C15H11ClN2O3/c1-9-2-7-13(21-9)14-12(15(19)20)8-18(17-14)11-5-3-10(16)4-6-11/h2-8H,1H3,(H,19,20). The highest BCUT2D eigenvalue weighted by Gasteiger charge is 2.20. The largest absolute Gasteiger partial charge is 0.478 e. The Morgan fingerprint density at radius 3 is 2.52 bits per heavy atom. The lowest BCUT2D eigenvalue weighted by molar-refractivity contribution is 0.0697. The molecule has 1 aromatic carbocycles. The van der Waals surface area contributed by atoms with Gasteiger partial charge in [-0.05, 0) is 43.3 Å². The predicted molar refractivity (Wildman–Crippen MR) is 78.0 cm³/mol. The van der Waals surface area contributed by atoms with Crippen LogP contribution in [0.15, 0.2) is 47.0 Å². The van der Waals surface area contributed by atoms with Crippen molar-refractivity contribution in [2.45, 2.75) is 6.92 Å². The van der Waals surface area contributed by atoms with E-state index in [4.69, 9.17) is 16.0 Å². The van der Waals surface area contributed by atoms with Gasteiger partial charge >= 0.3 is 5.97 Å². The molecule has 6 heteroatoms. The summed E-state index contributed by atoms with van der Waals surface area (Å²) in [6.45, 7) is 1.79. The number of benzene rings is 1. The molecule has 0 saturated carbocycles. The molecular weight excluding hydrogens is 292 g/mol. The number of aromatic nitrogens is 2. The van der Waals surface area contributed by atoms with E-state index in [2.05, 4.69) is 5.10 Å². The Kier molecular flexibility index (Phi) is 3.27. The molecular formula is C15H11ClN2O3. The Bertz CT molecular complexity index is 803. The number of carboxylic acid groups (broad SMARTS) is 1. The zero-order valence-corrected chi connectivity index (χ0v) is 11.8. The molecule has 21 heavy (non-hydrogen) atoms. The van der Waals surface area contributed by atoms with Crippen LogP contribution in [0.1, 0.15) is 16.1 Å². The Balaban J connectivity index is 2.12. The Morgan fingerprint density at radius 1 is 1.24 bits per heavy atom. The maximum atomic E-state index is 11.4. The maximum absolute atomic E-state index is 11.4. The van der Waals surface area contributed by atoms with Crippen LogP contribution in [0.4, 0.5) is 0 Å². The monoisotopic (exact) mass is 302 g/mol. The minimum atomic E-state index is -1.06. The van der Waals surface area contributed by atoms with Gasteiger partial charge in [0.15, 0.2) is 5.76 Å². The highest BCUT2D eigenvalue weighted by atomic mass is 35.5. The molecule has 2 aromatic heterocycles. The Hall–Kier alpha value is -2.53. The highest BCUT2D eigenvalue weighted by molar-refractivity contribution is 6.30. The van der Waals surface area contributed by atoms with Gasteiger partial charge in [-0.2, -0.15) is 5.10 Å². The van der Waals surface area contributed by atoms with E-state index in [0.717, 1.165) is 5.69 Å². The van der Waals surface area contributed by atoms with E-state index in [0.29, 0.717) is 22.2 Å². The van der Waals surface area contributed by atoms with E-state index in [1.165, 1.54) is 10.9 Å². The quantitative estimate of drug-likeness (QED) is 0.799. The first-order valence-corrected chi connectivity index (χ1v) is 6.58. The molecule has 0 amide bonds. The summed E-state index contributed by atoms with van der Waals surface area (Å²) in [4.78, 5) is 11.4. The van der Waals surface area contributed by atoms with Crippen molar-refractivity contribution in [1.29, 1.82) is 0 Å². The van der Waals surface area contributed by atoms with E-state index in [-0.39, 0.29) is 5.56 Å². The summed E-state index contributed by atoms with van der Waals surface area (Å²) in [5.74, 6) is 0.0688. The normalized spacial score (nSPS) is 10.8. The van der Waals surface area contributed by atoms with E-state index < -0.39 is 5.97 Å². The van der Waals surface area contributed by atoms with Crippen LogP contribution in [-0.2, 0) is 0 Å². The van der Waals surface area contributed by atoms with Crippen molar-refractivity contribution in [3.63, 3.8) is 0 Å². The third-order valence-corrected chi connectivity index (χ3v) is 3.26. The lowest BCUT2D eigenvalue weighted by Gasteiger charge is -2.00. The molecule has 106 valence electrons. The van der Waals surface area contributed by atoms with Crippen LogP contribution in [0.3, 0.4) is 0 Å². The van der Waals surface area contributed by atoms with Crippen molar-refractivity contribution < 1.29 is 14.3 Å². The fourth-order valence-corrected chi connectivity index (χ4v) is 2.13. The highest BCUT2D eigenvalue weighted by Crippen LogP contribution is 2.26. The van der Waals surface area contributed by atoms with Crippen molar-refractivity contribution in [2.24, 2.45) is 0 Å². The van der Waals surface area contributed by atoms with E-state index in [1.807, 2.05) is 0 Å². The zero-order chi connectivity index (χ0) is 15.0. The number of nitrogens with zero attached hydrogens (tertiary/aromatic N) is 2. The van der Waals surface area contributed by atoms with E-state index in [9.17, 15) is 9.90 Å². The zero-order valence-electron chi connectivity index (χ0n) is 11.1. The second kappa shape index (κ2) is 5.10. The number of hydrogen-bond acceptors (Lipinski definition) is 3. The Labute approximate surface area is 125 Å². The van der Waals surface area contributed by atoms with Crippen LogP contribution >= 0.6 is 11.6 Å². The molecule has 5 nitrogen and oxygen atoms in total. The number of aromatic carboxylic acids is 1. The van der Waals surface area contributed by atoms with Gasteiger partial charge in [0.25, 0.3) is 0 Å². The summed E-state index contributed by atoms with van der Waals surface area (Å²) in [7, 11) is 0. The molecule has 1 N–H and O–H groups in total. The summed E-state index contributed by atoms with van der Waals surface area (Å²) < 4.78 is 6.96. The molecule has 0 saturated heterocycles. The maximum Gasteiger partial charge on any atom is 0.339 e. The average molecular weight is 303 g/mol. The molecule has 0 unspecified atom stereocenters. The van der Waals surface area contributed by atoms with Crippen molar-refractivity contribution in [1.82, 2.24) is 9.78 Å². The van der Waals surface area contributed by atoms with Gasteiger partial charge in [0.05, 0.1) is 5.69 Å². The second-order valence-electron chi connectivity index (χ2n) is 4.53. The lowest BCUT2D eigenvalue weighted by atomic mass is 10.2. The number of carbonyl (C=O) groups is 1. The van der Waals surface area contributed by atoms with Crippen molar-refractivity contribution >= 4 is 17.6 Å². The van der Waals surface area contributed by atoms with Gasteiger partial charge in [-0.25, -0.2) is 9.48 Å². The van der Waals surface area contributed by atoms with Gasteiger partial charge in [0, 0.05) is 11.2 Å². The minimum Gasteiger partial charge on any atom is -0.478 e. The molecule has 0 fully saturated rings. The van der Waals surface area contributed by atoms with Crippen LogP contribution in [0, 0.1) is 6.92 Å². The topological polar surface area (TPSA) is 68.3 Å². The van der Waals surface area contributed by atoms with Gasteiger partial charge in [0.2, 0.25) is 0 Å². The predicted octanol–water partition coefficient (Wildman–Crippen LogP) is 3.79. The molecule has 0 aliphatic carbocycles. The third-order valence-electron chi connectivity index (χ3n) is 3.01. The number of aryl methyl sites for hydroxylation is 1. The third kappa shape index (κ3) is 2.55. The molecule has 3 rings (SSSR count). The van der Waals surface area contributed by atoms with Crippen LogP contribution in [0.25, 0.3) is 17.1 Å². The van der Waals surface area contributed by atoms with Gasteiger partial charge in [-0.15, -0.1) is 0 Å². The molecule has 0 spiro atoms. The number of furan rings is 1. The fraction of sp³-hybridized carbons (Fsp3) is 0.0667. The molecule has 0 aliphatic heterocycles. The smallest absolute Gasteiger partial charge is 0.339 e. The Morgan fingerprint density at radius 2 is 1.95 bits per heavy atom. The van der Waals surface area contributed by atoms with Crippen LogP contribution in [0.5, 0.6) is 0 Å². The molecule has 0 radical (unpaired) electrons. The first-order chi connectivity index (χ1) is 10.0. The van der Waals surface area contributed by atoms with Crippen molar-refractivity contribution in [3.05, 3.63) is 58.9 Å². The van der Waals surface area contributed by atoms with Gasteiger partial charge < -0.3 is 9.52 Å². The summed E-state index contributed by atoms with van der Waals surface area (Å²) in [5, 5.41) is 14.2. The molecule has 0 atom stereocenters. The van der Waals surface area contributed by atoms with E-state index in [1.54, 1.807) is 43.3 Å². The number of hydrogen-bond donors (Lipinski definition) is 1. The first kappa shape index (κ1) is 13.5. The van der Waals surface area contributed by atoms with Crippen LogP contribution < -0.4 is 0 Å². The number of halogens is 1. The second-order valence-corrected chi connectivity index (χ2v) is 4.96. The molecule has 0 bridgehead atoms. The average Bonchev–Trinajstić information content (AvgIpc) is 3.05. The summed E-state index contributed by atoms with van der Waals surface area (Å²) in [5.41, 5.74) is 1.10. The van der Waals surface area contributed by atoms with E-state index >= 15 is 0 Å². The van der Waals surface area contributed by atoms with Crippen molar-refractivity contribution in [2.75, 3.05) is 0 Å². The van der Waals surface area contributed by atoms with Crippen LogP contribution in [-0.4, -0.2) is 20.9 Å². The van der Waals surface area contributed by atoms with Crippen molar-refractivity contribution in [3.8, 4) is 17.1 Å². The summed E-state index contributed by atoms with van der Waals surface area (Å²) in [6.07, 6.45) is 1.46. The lowest BCUT2D eigenvalue weighted by Crippen LogP contribution is -1.96. The fourth-order valence-electron chi connectivity index (χ4n) is 2.00. The number of carboxylic acids is 1. The van der Waals surface area contributed by atoms with Gasteiger partial charge in [-0.1, -0.05) is 11.6 Å². The minimum absolute atomic E-state index is 0.0827. The number of rotatable bonds is 3. The van der Waals surface area contributed by atoms with Gasteiger partial charge in [-0.3, -0.25) is 0 Å². The first-order valence-electron chi connectivity index (χ1n) is 6.20. The van der Waals surface area contributed by atoms with Gasteiger partial charge in [0.1, 0.15) is 17.0 Å². The molecule has 0 aliphatic rings.